The highest BCUT2D eigenvalue weighted by Gasteiger charge is 2.24. The predicted octanol–water partition coefficient (Wildman–Crippen LogP) is 1.51. The number of hydrogen-bond donors (Lipinski definition) is 1. The number of piperidine rings is 1. The highest BCUT2D eigenvalue weighted by atomic mass is 16.5. The first-order valence-electron chi connectivity index (χ1n) is 6.25. The summed E-state index contributed by atoms with van der Waals surface area (Å²) < 4.78 is 5.53. The molecule has 3 heteroatoms. The van der Waals surface area contributed by atoms with Gasteiger partial charge in [-0.1, -0.05) is 19.1 Å². The maximum absolute atomic E-state index is 5.53. The number of hydrogen-bond acceptors (Lipinski definition) is 3. The monoisotopic (exact) mass is 226 g/mol. The minimum Gasteiger partial charge on any atom is -0.376 e. The van der Waals surface area contributed by atoms with Crippen molar-refractivity contribution < 1.29 is 4.74 Å². The molecule has 2 atom stereocenters. The van der Waals surface area contributed by atoms with E-state index in [-0.39, 0.29) is 0 Å². The van der Waals surface area contributed by atoms with Gasteiger partial charge in [-0.3, -0.25) is 0 Å². The summed E-state index contributed by atoms with van der Waals surface area (Å²) in [6.45, 7) is 13.1. The van der Waals surface area contributed by atoms with Gasteiger partial charge in [-0.25, -0.2) is 0 Å². The molecule has 1 fully saturated rings. The maximum Gasteiger partial charge on any atom is 0.0672 e. The maximum atomic E-state index is 5.53. The van der Waals surface area contributed by atoms with Crippen LogP contribution in [-0.2, 0) is 4.74 Å². The molecule has 1 saturated heterocycles. The fourth-order valence-electron chi connectivity index (χ4n) is 2.30. The molecule has 1 N–H and O–H groups in total. The first-order chi connectivity index (χ1) is 7.63. The van der Waals surface area contributed by atoms with Crippen molar-refractivity contribution in [3.05, 3.63) is 12.2 Å². The fourth-order valence-corrected chi connectivity index (χ4v) is 2.30. The Hall–Kier alpha value is -0.380. The number of nitrogens with zero attached hydrogens (tertiary/aromatic N) is 1. The van der Waals surface area contributed by atoms with Gasteiger partial charge in [0.2, 0.25) is 0 Å². The van der Waals surface area contributed by atoms with Crippen LogP contribution in [0.5, 0.6) is 0 Å². The van der Waals surface area contributed by atoms with Crippen LogP contribution >= 0.6 is 0 Å². The molecule has 0 aliphatic carbocycles. The Kier molecular flexibility index (Phi) is 6.03. The number of nitrogens with one attached hydrogen (secondary N) is 1. The van der Waals surface area contributed by atoms with Crippen LogP contribution in [0.2, 0.25) is 0 Å². The van der Waals surface area contributed by atoms with Crippen molar-refractivity contribution in [1.29, 1.82) is 0 Å². The molecular formula is C13H26N2O. The molecule has 0 bridgehead atoms. The standard InChI is InChI=1S/C13H26N2O/c1-11(2)10-16-8-7-15-6-5-13(14-4)12(3)9-15/h12-14H,1,5-10H2,2-4H3. The van der Waals surface area contributed by atoms with Crippen LogP contribution in [0.3, 0.4) is 0 Å². The number of likely N-dealkylation sites (tertiary alicyclic amines) is 1. The molecule has 1 heterocycles. The van der Waals surface area contributed by atoms with E-state index in [4.69, 9.17) is 4.74 Å². The minimum atomic E-state index is 0.688. The average Bonchev–Trinajstić information content (AvgIpc) is 2.24. The van der Waals surface area contributed by atoms with E-state index in [1.54, 1.807) is 0 Å². The first kappa shape index (κ1) is 13.7. The third-order valence-electron chi connectivity index (χ3n) is 3.26. The Morgan fingerprint density at radius 3 is 2.88 bits per heavy atom. The lowest BCUT2D eigenvalue weighted by Gasteiger charge is -2.36. The second kappa shape index (κ2) is 7.05. The molecule has 16 heavy (non-hydrogen) atoms. The highest BCUT2D eigenvalue weighted by Crippen LogP contribution is 2.15. The summed E-state index contributed by atoms with van der Waals surface area (Å²) in [7, 11) is 2.06. The molecule has 0 aromatic heterocycles. The summed E-state index contributed by atoms with van der Waals surface area (Å²) in [5, 5.41) is 3.39. The Labute approximate surface area is 99.8 Å². The Morgan fingerprint density at radius 1 is 1.56 bits per heavy atom. The Morgan fingerprint density at radius 2 is 2.31 bits per heavy atom. The largest absolute Gasteiger partial charge is 0.376 e. The molecule has 0 radical (unpaired) electrons. The van der Waals surface area contributed by atoms with Crippen molar-refractivity contribution in [2.24, 2.45) is 5.92 Å². The molecule has 94 valence electrons. The third kappa shape index (κ3) is 4.64. The zero-order valence-electron chi connectivity index (χ0n) is 11.0. The van der Waals surface area contributed by atoms with Crippen LogP contribution < -0.4 is 5.32 Å². The second-order valence-corrected chi connectivity index (χ2v) is 4.97. The van der Waals surface area contributed by atoms with E-state index in [0.29, 0.717) is 12.6 Å². The van der Waals surface area contributed by atoms with E-state index in [1.165, 1.54) is 19.5 Å². The van der Waals surface area contributed by atoms with Crippen LogP contribution in [0.4, 0.5) is 0 Å². The van der Waals surface area contributed by atoms with Gasteiger partial charge < -0.3 is 15.0 Å². The highest BCUT2D eigenvalue weighted by molar-refractivity contribution is 4.87. The van der Waals surface area contributed by atoms with Gasteiger partial charge in [0.15, 0.2) is 0 Å². The zero-order valence-corrected chi connectivity index (χ0v) is 11.0. The molecule has 1 aliphatic rings. The predicted molar refractivity (Wildman–Crippen MR) is 68.7 cm³/mol. The van der Waals surface area contributed by atoms with Gasteiger partial charge in [-0.15, -0.1) is 0 Å². The van der Waals surface area contributed by atoms with Crippen LogP contribution in [0.25, 0.3) is 0 Å². The van der Waals surface area contributed by atoms with E-state index in [9.17, 15) is 0 Å². The minimum absolute atomic E-state index is 0.688. The van der Waals surface area contributed by atoms with Gasteiger partial charge >= 0.3 is 0 Å². The summed E-state index contributed by atoms with van der Waals surface area (Å²) in [5.74, 6) is 0.736. The van der Waals surface area contributed by atoms with Gasteiger partial charge in [-0.2, -0.15) is 0 Å². The molecular weight excluding hydrogens is 200 g/mol. The summed E-state index contributed by atoms with van der Waals surface area (Å²) in [6.07, 6.45) is 1.25. The summed E-state index contributed by atoms with van der Waals surface area (Å²) in [5.41, 5.74) is 1.10. The average molecular weight is 226 g/mol. The molecule has 0 saturated carbocycles. The Balaban J connectivity index is 2.13. The number of ether oxygens (including phenoxy) is 1. The molecule has 1 rings (SSSR count). The fraction of sp³-hybridized carbons (Fsp3) is 0.846. The van der Waals surface area contributed by atoms with Crippen molar-refractivity contribution in [3.8, 4) is 0 Å². The SMILES string of the molecule is C=C(C)COCCN1CCC(NC)C(C)C1. The molecule has 0 spiro atoms. The second-order valence-electron chi connectivity index (χ2n) is 4.97. The smallest absolute Gasteiger partial charge is 0.0672 e. The third-order valence-corrected chi connectivity index (χ3v) is 3.26. The normalized spacial score (nSPS) is 26.9. The molecule has 0 aromatic rings. The topological polar surface area (TPSA) is 24.5 Å². The molecule has 0 aromatic carbocycles. The van der Waals surface area contributed by atoms with Crippen molar-refractivity contribution in [3.63, 3.8) is 0 Å². The molecule has 3 nitrogen and oxygen atoms in total. The van der Waals surface area contributed by atoms with Crippen molar-refractivity contribution in [2.45, 2.75) is 26.3 Å². The van der Waals surface area contributed by atoms with Gasteiger partial charge in [0.1, 0.15) is 0 Å². The molecule has 0 amide bonds. The van der Waals surface area contributed by atoms with Crippen molar-refractivity contribution in [2.75, 3.05) is 39.9 Å². The quantitative estimate of drug-likeness (QED) is 0.549. The lowest BCUT2D eigenvalue weighted by molar-refractivity contribution is 0.0890. The van der Waals surface area contributed by atoms with Crippen LogP contribution in [0, 0.1) is 5.92 Å². The lowest BCUT2D eigenvalue weighted by Crippen LogP contribution is -2.47. The van der Waals surface area contributed by atoms with E-state index < -0.39 is 0 Å². The van der Waals surface area contributed by atoms with Crippen LogP contribution in [0.1, 0.15) is 20.3 Å². The lowest BCUT2D eigenvalue weighted by atomic mass is 9.94. The number of rotatable bonds is 6. The Bertz CT molecular complexity index is 218. The van der Waals surface area contributed by atoms with E-state index in [0.717, 1.165) is 24.6 Å². The summed E-state index contributed by atoms with van der Waals surface area (Å²) in [4.78, 5) is 2.50. The van der Waals surface area contributed by atoms with Gasteiger partial charge in [-0.05, 0) is 32.9 Å². The van der Waals surface area contributed by atoms with Crippen molar-refractivity contribution >= 4 is 0 Å². The van der Waals surface area contributed by atoms with Crippen LogP contribution in [0.15, 0.2) is 12.2 Å². The zero-order chi connectivity index (χ0) is 12.0. The van der Waals surface area contributed by atoms with Gasteiger partial charge in [0.05, 0.1) is 13.2 Å². The molecule has 2 unspecified atom stereocenters. The van der Waals surface area contributed by atoms with Gasteiger partial charge in [0.25, 0.3) is 0 Å². The van der Waals surface area contributed by atoms with E-state index in [2.05, 4.69) is 30.8 Å². The van der Waals surface area contributed by atoms with E-state index >= 15 is 0 Å². The van der Waals surface area contributed by atoms with E-state index in [1.807, 2.05) is 6.92 Å². The summed E-state index contributed by atoms with van der Waals surface area (Å²) >= 11 is 0. The van der Waals surface area contributed by atoms with Crippen molar-refractivity contribution in [1.82, 2.24) is 10.2 Å². The van der Waals surface area contributed by atoms with Crippen LogP contribution in [-0.4, -0.2) is 50.8 Å². The van der Waals surface area contributed by atoms with Gasteiger partial charge in [0, 0.05) is 19.1 Å². The molecule has 1 aliphatic heterocycles. The first-order valence-corrected chi connectivity index (χ1v) is 6.25. The summed E-state index contributed by atoms with van der Waals surface area (Å²) in [6, 6.07) is 0.688.